The molecule has 0 heterocycles. The number of amides is 1. The van der Waals surface area contributed by atoms with Gasteiger partial charge in [-0.2, -0.15) is 0 Å². The van der Waals surface area contributed by atoms with Crippen molar-refractivity contribution < 1.29 is 18.0 Å². The average Bonchev–Trinajstić information content (AvgIpc) is 2.54. The molecule has 0 fully saturated rings. The number of carbonyl (C=O) groups is 1. The van der Waals surface area contributed by atoms with Crippen molar-refractivity contribution in [3.8, 4) is 0 Å². The molecule has 0 saturated heterocycles. The zero-order valence-electron chi connectivity index (χ0n) is 13.8. The van der Waals surface area contributed by atoms with Gasteiger partial charge < -0.3 is 0 Å². The summed E-state index contributed by atoms with van der Waals surface area (Å²) >= 11 is 0. The Morgan fingerprint density at radius 2 is 1.88 bits per heavy atom. The number of hydrogen-bond donors (Lipinski definition) is 2. The minimum atomic E-state index is -3.74. The van der Waals surface area contributed by atoms with Gasteiger partial charge in [0.25, 0.3) is 15.9 Å². The van der Waals surface area contributed by atoms with Gasteiger partial charge in [-0.3, -0.25) is 14.4 Å². The van der Waals surface area contributed by atoms with Crippen molar-refractivity contribution in [2.75, 3.05) is 11.3 Å². The molecule has 128 valence electrons. The van der Waals surface area contributed by atoms with E-state index in [0.29, 0.717) is 23.4 Å². The third-order valence-corrected chi connectivity index (χ3v) is 4.84. The number of carbonyl (C=O) groups excluding carboxylic acids is 1. The van der Waals surface area contributed by atoms with Crippen molar-refractivity contribution in [2.45, 2.75) is 25.7 Å². The summed E-state index contributed by atoms with van der Waals surface area (Å²) in [5, 5.41) is 0. The van der Waals surface area contributed by atoms with Gasteiger partial charge >= 0.3 is 0 Å². The van der Waals surface area contributed by atoms with Crippen LogP contribution in [0.2, 0.25) is 0 Å². The minimum absolute atomic E-state index is 0.215. The minimum Gasteiger partial charge on any atom is -0.280 e. The molecule has 0 aromatic heterocycles. The Morgan fingerprint density at radius 3 is 2.58 bits per heavy atom. The standard InChI is InChI=1S/C17H20N2O4S/c1-4-23-18-17(20)14-6-5-7-15(11-14)19-24(21,22)16-10-12(2)8-9-13(16)3/h5-11,19H,4H2,1-3H3,(H,18,20). The number of nitrogens with one attached hydrogen (secondary N) is 2. The van der Waals surface area contributed by atoms with Crippen LogP contribution in [0.15, 0.2) is 47.4 Å². The second-order valence-corrected chi connectivity index (χ2v) is 6.97. The first-order valence-corrected chi connectivity index (χ1v) is 8.94. The predicted octanol–water partition coefficient (Wildman–Crippen LogP) is 2.79. The van der Waals surface area contributed by atoms with Crippen LogP contribution in [0, 0.1) is 13.8 Å². The van der Waals surface area contributed by atoms with Crippen molar-refractivity contribution in [1.29, 1.82) is 0 Å². The summed E-state index contributed by atoms with van der Waals surface area (Å²) in [5.74, 6) is -0.440. The molecule has 1 amide bonds. The van der Waals surface area contributed by atoms with Gasteiger partial charge in [0.1, 0.15) is 0 Å². The van der Waals surface area contributed by atoms with E-state index >= 15 is 0 Å². The molecule has 0 atom stereocenters. The molecule has 0 aliphatic rings. The highest BCUT2D eigenvalue weighted by atomic mass is 32.2. The van der Waals surface area contributed by atoms with Crippen LogP contribution in [0.1, 0.15) is 28.4 Å². The van der Waals surface area contributed by atoms with E-state index < -0.39 is 15.9 Å². The lowest BCUT2D eigenvalue weighted by Crippen LogP contribution is -2.23. The highest BCUT2D eigenvalue weighted by Crippen LogP contribution is 2.21. The zero-order chi connectivity index (χ0) is 17.7. The molecule has 0 bridgehead atoms. The quantitative estimate of drug-likeness (QED) is 0.786. The summed E-state index contributed by atoms with van der Waals surface area (Å²) in [4.78, 5) is 16.9. The summed E-state index contributed by atoms with van der Waals surface area (Å²) in [6, 6.07) is 11.4. The number of aryl methyl sites for hydroxylation is 2. The number of hydroxylamine groups is 1. The van der Waals surface area contributed by atoms with Gasteiger partial charge in [0, 0.05) is 11.3 Å². The van der Waals surface area contributed by atoms with Crippen LogP contribution in [0.4, 0.5) is 5.69 Å². The van der Waals surface area contributed by atoms with Gasteiger partial charge in [0.15, 0.2) is 0 Å². The van der Waals surface area contributed by atoms with E-state index in [1.165, 1.54) is 6.07 Å². The molecule has 0 spiro atoms. The van der Waals surface area contributed by atoms with Crippen LogP contribution in [0.5, 0.6) is 0 Å². The Hall–Kier alpha value is -2.38. The lowest BCUT2D eigenvalue weighted by Gasteiger charge is -2.12. The van der Waals surface area contributed by atoms with Gasteiger partial charge in [-0.1, -0.05) is 18.2 Å². The summed E-state index contributed by atoms with van der Waals surface area (Å²) in [7, 11) is -3.74. The van der Waals surface area contributed by atoms with Crippen LogP contribution in [0.3, 0.4) is 0 Å². The van der Waals surface area contributed by atoms with Gasteiger partial charge in [0.2, 0.25) is 0 Å². The summed E-state index contributed by atoms with van der Waals surface area (Å²) in [6.07, 6.45) is 0. The van der Waals surface area contributed by atoms with E-state index in [9.17, 15) is 13.2 Å². The average molecular weight is 348 g/mol. The normalized spacial score (nSPS) is 11.1. The lowest BCUT2D eigenvalue weighted by molar-refractivity contribution is 0.0364. The maximum atomic E-state index is 12.6. The SMILES string of the molecule is CCONC(=O)c1cccc(NS(=O)(=O)c2cc(C)ccc2C)c1. The second-order valence-electron chi connectivity index (χ2n) is 5.32. The highest BCUT2D eigenvalue weighted by molar-refractivity contribution is 7.92. The summed E-state index contributed by atoms with van der Waals surface area (Å²) in [5.41, 5.74) is 4.38. The van der Waals surface area contributed by atoms with E-state index in [1.54, 1.807) is 44.2 Å². The van der Waals surface area contributed by atoms with Crippen LogP contribution < -0.4 is 10.2 Å². The van der Waals surface area contributed by atoms with Crippen LogP contribution in [-0.2, 0) is 14.9 Å². The van der Waals surface area contributed by atoms with Gasteiger partial charge in [-0.25, -0.2) is 13.9 Å². The summed E-state index contributed by atoms with van der Waals surface area (Å²) in [6.45, 7) is 5.65. The molecule has 2 rings (SSSR count). The van der Waals surface area contributed by atoms with Crippen LogP contribution in [-0.4, -0.2) is 20.9 Å². The van der Waals surface area contributed by atoms with Crippen LogP contribution >= 0.6 is 0 Å². The van der Waals surface area contributed by atoms with E-state index in [2.05, 4.69) is 10.2 Å². The smallest absolute Gasteiger partial charge is 0.274 e. The second kappa shape index (κ2) is 7.46. The lowest BCUT2D eigenvalue weighted by atomic mass is 10.2. The fourth-order valence-corrected chi connectivity index (χ4v) is 3.51. The largest absolute Gasteiger partial charge is 0.280 e. The van der Waals surface area contributed by atoms with Gasteiger partial charge in [-0.05, 0) is 56.2 Å². The number of hydrogen-bond acceptors (Lipinski definition) is 4. The molecule has 6 nitrogen and oxygen atoms in total. The summed E-state index contributed by atoms with van der Waals surface area (Å²) < 4.78 is 27.7. The van der Waals surface area contributed by atoms with E-state index in [4.69, 9.17) is 4.84 Å². The first-order valence-electron chi connectivity index (χ1n) is 7.46. The Morgan fingerprint density at radius 1 is 1.12 bits per heavy atom. The van der Waals surface area contributed by atoms with Gasteiger partial charge in [-0.15, -0.1) is 0 Å². The topological polar surface area (TPSA) is 84.5 Å². The van der Waals surface area contributed by atoms with Crippen molar-refractivity contribution in [3.63, 3.8) is 0 Å². The molecule has 0 unspecified atom stereocenters. The van der Waals surface area contributed by atoms with Crippen molar-refractivity contribution in [1.82, 2.24) is 5.48 Å². The number of sulfonamides is 1. The number of rotatable bonds is 6. The molecule has 2 N–H and O–H groups in total. The molecule has 2 aromatic rings. The molecule has 0 aliphatic carbocycles. The predicted molar refractivity (Wildman–Crippen MR) is 92.3 cm³/mol. The molecule has 7 heteroatoms. The molecule has 2 aromatic carbocycles. The third-order valence-electron chi connectivity index (χ3n) is 3.32. The Bertz CT molecular complexity index is 847. The molecular weight excluding hydrogens is 328 g/mol. The van der Waals surface area contributed by atoms with Crippen molar-refractivity contribution >= 4 is 21.6 Å². The first-order chi connectivity index (χ1) is 11.3. The Labute approximate surface area is 141 Å². The molecular formula is C17H20N2O4S. The fourth-order valence-electron chi connectivity index (χ4n) is 2.13. The van der Waals surface area contributed by atoms with E-state index in [1.807, 2.05) is 13.0 Å². The molecule has 24 heavy (non-hydrogen) atoms. The maximum absolute atomic E-state index is 12.6. The number of anilines is 1. The zero-order valence-corrected chi connectivity index (χ0v) is 14.6. The maximum Gasteiger partial charge on any atom is 0.274 e. The molecule has 0 saturated carbocycles. The van der Waals surface area contributed by atoms with E-state index in [-0.39, 0.29) is 4.90 Å². The molecule has 0 aliphatic heterocycles. The van der Waals surface area contributed by atoms with Crippen LogP contribution in [0.25, 0.3) is 0 Å². The monoisotopic (exact) mass is 348 g/mol. The van der Waals surface area contributed by atoms with E-state index in [0.717, 1.165) is 5.56 Å². The van der Waals surface area contributed by atoms with Gasteiger partial charge in [0.05, 0.1) is 11.5 Å². The highest BCUT2D eigenvalue weighted by Gasteiger charge is 2.17. The molecule has 0 radical (unpaired) electrons. The Kier molecular flexibility index (Phi) is 5.58. The fraction of sp³-hybridized carbons (Fsp3) is 0.235. The third kappa shape index (κ3) is 4.33. The number of benzene rings is 2. The van der Waals surface area contributed by atoms with Crippen molar-refractivity contribution in [2.24, 2.45) is 0 Å². The first kappa shape index (κ1) is 18.0. The Balaban J connectivity index is 2.27. The van der Waals surface area contributed by atoms with Crippen molar-refractivity contribution in [3.05, 3.63) is 59.2 Å².